The quantitative estimate of drug-likeness (QED) is 0.827. The Labute approximate surface area is 125 Å². The Bertz CT molecular complexity index is 757. The molecule has 2 heteroatoms. The van der Waals surface area contributed by atoms with Crippen LogP contribution in [0.15, 0.2) is 48.6 Å². The van der Waals surface area contributed by atoms with E-state index < -0.39 is 0 Å². The van der Waals surface area contributed by atoms with E-state index in [1.165, 1.54) is 23.3 Å². The summed E-state index contributed by atoms with van der Waals surface area (Å²) in [5.74, 6) is 1.16. The fourth-order valence-corrected chi connectivity index (χ4v) is 4.10. The number of aromatic nitrogens is 1. The number of anilines is 1. The molecule has 0 unspecified atom stereocenters. The molecule has 1 heterocycles. The van der Waals surface area contributed by atoms with Crippen LogP contribution in [0, 0.1) is 5.92 Å². The van der Waals surface area contributed by atoms with Crippen molar-refractivity contribution in [3.8, 4) is 0 Å². The summed E-state index contributed by atoms with van der Waals surface area (Å²) in [5, 5.41) is 1.11. The largest absolute Gasteiger partial charge is 0.398 e. The normalized spacial score (nSPS) is 23.5. The first-order valence-corrected chi connectivity index (χ1v) is 7.73. The number of fused-ring (bicyclic) bond motifs is 5. The molecule has 0 radical (unpaired) electrons. The van der Waals surface area contributed by atoms with Crippen molar-refractivity contribution in [2.45, 2.75) is 31.6 Å². The maximum atomic E-state index is 6.52. The molecule has 2 aromatic rings. The van der Waals surface area contributed by atoms with Gasteiger partial charge in [-0.1, -0.05) is 35.9 Å². The maximum Gasteiger partial charge on any atom is 0.0726 e. The van der Waals surface area contributed by atoms with Gasteiger partial charge in [0.05, 0.1) is 5.52 Å². The molecular weight excluding hydrogens is 256 g/mol. The molecule has 0 aliphatic heterocycles. The third-order valence-corrected chi connectivity index (χ3v) is 4.89. The molecule has 21 heavy (non-hydrogen) atoms. The number of allylic oxidation sites excluding steroid dienone is 3. The van der Waals surface area contributed by atoms with Gasteiger partial charge in [0, 0.05) is 22.3 Å². The number of benzene rings is 1. The molecule has 2 atom stereocenters. The Morgan fingerprint density at radius 2 is 2.14 bits per heavy atom. The SMILES string of the molecule is C=CCC1=C[C@@H]2Cc3nc4ccccc4c(N)c3[C@H](C1)C2. The van der Waals surface area contributed by atoms with Crippen LogP contribution in [-0.2, 0) is 6.42 Å². The molecule has 0 spiro atoms. The highest BCUT2D eigenvalue weighted by Crippen LogP contribution is 2.46. The lowest BCUT2D eigenvalue weighted by Gasteiger charge is -2.35. The highest BCUT2D eigenvalue weighted by atomic mass is 14.7. The summed E-state index contributed by atoms with van der Waals surface area (Å²) >= 11 is 0. The van der Waals surface area contributed by atoms with Crippen molar-refractivity contribution in [3.63, 3.8) is 0 Å². The van der Waals surface area contributed by atoms with E-state index in [-0.39, 0.29) is 0 Å². The lowest BCUT2D eigenvalue weighted by molar-refractivity contribution is 0.431. The average molecular weight is 276 g/mol. The van der Waals surface area contributed by atoms with Gasteiger partial charge in [0.2, 0.25) is 0 Å². The van der Waals surface area contributed by atoms with Crippen LogP contribution in [-0.4, -0.2) is 4.98 Å². The van der Waals surface area contributed by atoms with Crippen molar-refractivity contribution in [1.29, 1.82) is 0 Å². The number of pyridine rings is 1. The van der Waals surface area contributed by atoms with Gasteiger partial charge in [0.1, 0.15) is 0 Å². The molecule has 1 aromatic heterocycles. The summed E-state index contributed by atoms with van der Waals surface area (Å²) < 4.78 is 0. The standard InChI is InChI=1S/C19H20N2/c1-2-5-12-8-13-10-14(9-12)18-17(11-13)21-16-7-4-3-6-15(16)19(18)20/h2-4,6-8,13-14H,1,5,9-11H2,(H2,20,21)/t13-,14+/m0/s1. The van der Waals surface area contributed by atoms with E-state index in [4.69, 9.17) is 10.7 Å². The van der Waals surface area contributed by atoms with Gasteiger partial charge in [-0.05, 0) is 43.6 Å². The van der Waals surface area contributed by atoms with E-state index in [9.17, 15) is 0 Å². The van der Waals surface area contributed by atoms with E-state index in [1.54, 1.807) is 0 Å². The molecule has 106 valence electrons. The molecule has 0 saturated carbocycles. The predicted molar refractivity (Wildman–Crippen MR) is 88.2 cm³/mol. The molecule has 1 aromatic carbocycles. The lowest BCUT2D eigenvalue weighted by Crippen LogP contribution is -2.24. The number of hydrogen-bond acceptors (Lipinski definition) is 2. The van der Waals surface area contributed by atoms with E-state index in [1.807, 2.05) is 18.2 Å². The van der Waals surface area contributed by atoms with Crippen molar-refractivity contribution in [1.82, 2.24) is 4.98 Å². The van der Waals surface area contributed by atoms with Crippen LogP contribution >= 0.6 is 0 Å². The van der Waals surface area contributed by atoms with E-state index >= 15 is 0 Å². The van der Waals surface area contributed by atoms with Crippen LogP contribution in [0.5, 0.6) is 0 Å². The lowest BCUT2D eigenvalue weighted by atomic mass is 9.70. The predicted octanol–water partition coefficient (Wildman–Crippen LogP) is 4.37. The van der Waals surface area contributed by atoms with Gasteiger partial charge in [0.15, 0.2) is 0 Å². The van der Waals surface area contributed by atoms with E-state index in [0.29, 0.717) is 11.8 Å². The molecule has 2 nitrogen and oxygen atoms in total. The van der Waals surface area contributed by atoms with Gasteiger partial charge in [-0.3, -0.25) is 4.98 Å². The van der Waals surface area contributed by atoms with E-state index in [0.717, 1.165) is 35.9 Å². The fourth-order valence-electron chi connectivity index (χ4n) is 4.10. The average Bonchev–Trinajstić information content (AvgIpc) is 2.47. The fraction of sp³-hybridized carbons (Fsp3) is 0.316. The second kappa shape index (κ2) is 4.73. The van der Waals surface area contributed by atoms with Gasteiger partial charge in [-0.25, -0.2) is 0 Å². The number of nitrogens with zero attached hydrogens (tertiary/aromatic N) is 1. The minimum Gasteiger partial charge on any atom is -0.398 e. The molecule has 0 saturated heterocycles. The maximum absolute atomic E-state index is 6.52. The highest BCUT2D eigenvalue weighted by molar-refractivity contribution is 5.92. The van der Waals surface area contributed by atoms with Crippen LogP contribution in [0.3, 0.4) is 0 Å². The zero-order valence-electron chi connectivity index (χ0n) is 12.2. The molecule has 4 rings (SSSR count). The summed E-state index contributed by atoms with van der Waals surface area (Å²) in [5.41, 5.74) is 12.6. The Morgan fingerprint density at radius 3 is 3.00 bits per heavy atom. The van der Waals surface area contributed by atoms with Crippen molar-refractivity contribution >= 4 is 16.6 Å². The minimum absolute atomic E-state index is 0.538. The minimum atomic E-state index is 0.538. The summed E-state index contributed by atoms with van der Waals surface area (Å²) in [6, 6.07) is 8.23. The van der Waals surface area contributed by atoms with Crippen LogP contribution < -0.4 is 5.73 Å². The molecule has 0 amide bonds. The van der Waals surface area contributed by atoms with Gasteiger partial charge >= 0.3 is 0 Å². The zero-order chi connectivity index (χ0) is 14.4. The molecule has 2 bridgehead atoms. The van der Waals surface area contributed by atoms with Crippen molar-refractivity contribution in [2.75, 3.05) is 5.73 Å². The molecule has 0 fully saturated rings. The highest BCUT2D eigenvalue weighted by Gasteiger charge is 2.33. The molecule has 2 N–H and O–H groups in total. The molecule has 2 aliphatic carbocycles. The van der Waals surface area contributed by atoms with Crippen LogP contribution in [0.4, 0.5) is 5.69 Å². The van der Waals surface area contributed by atoms with Gasteiger partial charge in [-0.15, -0.1) is 6.58 Å². The zero-order valence-corrected chi connectivity index (χ0v) is 12.2. The van der Waals surface area contributed by atoms with Crippen LogP contribution in [0.1, 0.15) is 36.4 Å². The first-order chi connectivity index (χ1) is 10.3. The molecule has 2 aliphatic rings. The van der Waals surface area contributed by atoms with E-state index in [2.05, 4.69) is 24.8 Å². The Morgan fingerprint density at radius 1 is 1.29 bits per heavy atom. The first kappa shape index (κ1) is 12.6. The molecular formula is C19H20N2. The third kappa shape index (κ3) is 1.98. The summed E-state index contributed by atoms with van der Waals surface area (Å²) in [4.78, 5) is 4.90. The number of nitrogens with two attached hydrogens (primary N) is 1. The topological polar surface area (TPSA) is 38.9 Å². The Balaban J connectivity index is 1.86. The first-order valence-electron chi connectivity index (χ1n) is 7.73. The summed E-state index contributed by atoms with van der Waals surface area (Å²) in [6.07, 6.45) is 8.83. The second-order valence-corrected chi connectivity index (χ2v) is 6.32. The Kier molecular flexibility index (Phi) is 2.85. The van der Waals surface area contributed by atoms with Gasteiger partial charge in [-0.2, -0.15) is 0 Å². The summed E-state index contributed by atoms with van der Waals surface area (Å²) in [6.45, 7) is 3.87. The number of hydrogen-bond donors (Lipinski definition) is 1. The number of nitrogen functional groups attached to an aromatic ring is 1. The number of rotatable bonds is 2. The second-order valence-electron chi connectivity index (χ2n) is 6.32. The van der Waals surface area contributed by atoms with Crippen molar-refractivity contribution in [3.05, 3.63) is 59.8 Å². The van der Waals surface area contributed by atoms with Crippen molar-refractivity contribution in [2.24, 2.45) is 5.92 Å². The monoisotopic (exact) mass is 276 g/mol. The third-order valence-electron chi connectivity index (χ3n) is 4.89. The van der Waals surface area contributed by atoms with Crippen LogP contribution in [0.2, 0.25) is 0 Å². The van der Waals surface area contributed by atoms with Gasteiger partial charge < -0.3 is 5.73 Å². The van der Waals surface area contributed by atoms with Crippen molar-refractivity contribution < 1.29 is 0 Å². The number of para-hydroxylation sites is 1. The van der Waals surface area contributed by atoms with Crippen LogP contribution in [0.25, 0.3) is 10.9 Å². The smallest absolute Gasteiger partial charge is 0.0726 e. The Hall–Kier alpha value is -2.09. The summed E-state index contributed by atoms with van der Waals surface area (Å²) in [7, 11) is 0. The van der Waals surface area contributed by atoms with Gasteiger partial charge in [0.25, 0.3) is 0 Å².